The van der Waals surface area contributed by atoms with Crippen molar-refractivity contribution in [1.82, 2.24) is 14.5 Å². The van der Waals surface area contributed by atoms with E-state index in [-0.39, 0.29) is 5.56 Å². The van der Waals surface area contributed by atoms with Gasteiger partial charge >= 0.3 is 5.69 Å². The Kier molecular flexibility index (Phi) is 6.82. The lowest BCUT2D eigenvalue weighted by Gasteiger charge is -2.12. The van der Waals surface area contributed by atoms with Crippen LogP contribution in [0, 0.1) is 6.92 Å². The predicted octanol–water partition coefficient (Wildman–Crippen LogP) is 4.42. The van der Waals surface area contributed by atoms with Crippen molar-refractivity contribution < 1.29 is 5.11 Å². The summed E-state index contributed by atoms with van der Waals surface area (Å²) < 4.78 is 1.10. The molecule has 0 saturated carbocycles. The van der Waals surface area contributed by atoms with Crippen LogP contribution in [0.2, 0.25) is 0 Å². The van der Waals surface area contributed by atoms with Gasteiger partial charge in [-0.15, -0.1) is 0 Å². The third kappa shape index (κ3) is 4.73. The van der Waals surface area contributed by atoms with Gasteiger partial charge in [0.05, 0.1) is 5.69 Å². The van der Waals surface area contributed by atoms with Crippen molar-refractivity contribution in [3.05, 3.63) is 91.8 Å². The topological polar surface area (TPSA) is 103 Å². The highest BCUT2D eigenvalue weighted by Gasteiger charge is 2.18. The lowest BCUT2D eigenvalue weighted by Crippen LogP contribution is -2.32. The number of unbranched alkanes of at least 4 members (excludes halogenated alkanes) is 1. The first kappa shape index (κ1) is 23.3. The number of aromatic amines is 2. The van der Waals surface area contributed by atoms with Crippen LogP contribution in [0.15, 0.2) is 63.2 Å². The van der Waals surface area contributed by atoms with Crippen molar-refractivity contribution in [2.45, 2.75) is 46.5 Å². The molecule has 0 aliphatic carbocycles. The molecular formula is C27H30N4O3. The molecule has 7 nitrogen and oxygen atoms in total. The van der Waals surface area contributed by atoms with Crippen LogP contribution in [-0.4, -0.2) is 31.9 Å². The Morgan fingerprint density at radius 1 is 1.12 bits per heavy atom. The van der Waals surface area contributed by atoms with Crippen molar-refractivity contribution in [2.24, 2.45) is 4.99 Å². The van der Waals surface area contributed by atoms with Crippen LogP contribution in [0.1, 0.15) is 48.9 Å². The lowest BCUT2D eigenvalue weighted by atomic mass is 10.0. The van der Waals surface area contributed by atoms with E-state index >= 15 is 0 Å². The molecule has 0 spiro atoms. The van der Waals surface area contributed by atoms with Gasteiger partial charge in [0.1, 0.15) is 5.56 Å². The van der Waals surface area contributed by atoms with Gasteiger partial charge in [-0.25, -0.2) is 9.36 Å². The smallest absolute Gasteiger partial charge is 0.335 e. The van der Waals surface area contributed by atoms with E-state index < -0.39 is 17.1 Å². The first-order chi connectivity index (χ1) is 16.4. The van der Waals surface area contributed by atoms with E-state index in [9.17, 15) is 14.7 Å². The van der Waals surface area contributed by atoms with Crippen LogP contribution >= 0.6 is 0 Å². The number of fused-ring (bicyclic) bond motifs is 1. The minimum atomic E-state index is -0.692. The monoisotopic (exact) mass is 458 g/mol. The van der Waals surface area contributed by atoms with Crippen molar-refractivity contribution in [2.75, 3.05) is 6.54 Å². The number of H-pyrrole nitrogens is 2. The first-order valence-corrected chi connectivity index (χ1v) is 11.6. The maximum Gasteiger partial charge on any atom is 0.335 e. The third-order valence-corrected chi connectivity index (χ3v) is 6.09. The molecule has 4 rings (SSSR count). The molecule has 0 aliphatic heterocycles. The molecule has 0 aliphatic rings. The summed E-state index contributed by atoms with van der Waals surface area (Å²) in [6.07, 6.45) is 6.08. The molecule has 0 radical (unpaired) electrons. The van der Waals surface area contributed by atoms with E-state index in [2.05, 4.69) is 40.1 Å². The second-order valence-corrected chi connectivity index (χ2v) is 8.65. The number of aryl methyl sites for hydroxylation is 2. The molecule has 4 aromatic rings. The molecule has 2 aromatic heterocycles. The maximum atomic E-state index is 12.5. The van der Waals surface area contributed by atoms with Crippen molar-refractivity contribution in [3.63, 3.8) is 0 Å². The van der Waals surface area contributed by atoms with Crippen molar-refractivity contribution >= 4 is 16.6 Å². The van der Waals surface area contributed by atoms with Gasteiger partial charge in [0.2, 0.25) is 5.88 Å². The molecule has 0 amide bonds. The van der Waals surface area contributed by atoms with Gasteiger partial charge in [0.15, 0.2) is 0 Å². The van der Waals surface area contributed by atoms with E-state index in [0.29, 0.717) is 24.4 Å². The number of nitrogens with zero attached hydrogens (tertiary/aromatic N) is 2. The highest BCUT2D eigenvalue weighted by atomic mass is 16.3. The summed E-state index contributed by atoms with van der Waals surface area (Å²) >= 11 is 0. The Balaban J connectivity index is 1.60. The Morgan fingerprint density at radius 2 is 1.94 bits per heavy atom. The average molecular weight is 459 g/mol. The fourth-order valence-electron chi connectivity index (χ4n) is 4.25. The van der Waals surface area contributed by atoms with Gasteiger partial charge in [-0.05, 0) is 74.1 Å². The molecule has 0 bridgehead atoms. The normalized spacial score (nSPS) is 11.9. The number of hydrogen-bond donors (Lipinski definition) is 3. The quantitative estimate of drug-likeness (QED) is 0.341. The minimum absolute atomic E-state index is 0.00175. The fourth-order valence-corrected chi connectivity index (χ4v) is 4.25. The van der Waals surface area contributed by atoms with Gasteiger partial charge in [0.25, 0.3) is 5.56 Å². The summed E-state index contributed by atoms with van der Waals surface area (Å²) in [7, 11) is 0. The molecule has 3 N–H and O–H groups in total. The largest absolute Gasteiger partial charge is 0.493 e. The van der Waals surface area contributed by atoms with Gasteiger partial charge in [-0.3, -0.25) is 14.8 Å². The van der Waals surface area contributed by atoms with Crippen LogP contribution in [0.4, 0.5) is 0 Å². The van der Waals surface area contributed by atoms with Crippen molar-refractivity contribution in [3.8, 4) is 11.6 Å². The van der Waals surface area contributed by atoms with Crippen LogP contribution in [0.3, 0.4) is 0 Å². The molecule has 0 unspecified atom stereocenters. The summed E-state index contributed by atoms with van der Waals surface area (Å²) in [5.74, 6) is -0.409. The van der Waals surface area contributed by atoms with E-state index in [1.165, 1.54) is 10.9 Å². The number of hydrogen-bond acceptors (Lipinski definition) is 4. The van der Waals surface area contributed by atoms with Gasteiger partial charge in [0, 0.05) is 29.4 Å². The zero-order chi connectivity index (χ0) is 24.2. The lowest BCUT2D eigenvalue weighted by molar-refractivity contribution is 0.429. The maximum absolute atomic E-state index is 12.5. The number of aromatic nitrogens is 3. The summed E-state index contributed by atoms with van der Waals surface area (Å²) in [4.78, 5) is 35.1. The summed E-state index contributed by atoms with van der Waals surface area (Å²) in [6.45, 7) is 6.20. The summed E-state index contributed by atoms with van der Waals surface area (Å²) in [5.41, 5.74) is 4.02. The second kappa shape index (κ2) is 9.95. The van der Waals surface area contributed by atoms with Crippen molar-refractivity contribution in [1.29, 1.82) is 0 Å². The zero-order valence-electron chi connectivity index (χ0n) is 19.8. The average Bonchev–Trinajstić information content (AvgIpc) is 3.19. The van der Waals surface area contributed by atoms with E-state index in [4.69, 9.17) is 0 Å². The Bertz CT molecular complexity index is 1470. The van der Waals surface area contributed by atoms with Gasteiger partial charge in [-0.2, -0.15) is 0 Å². The predicted molar refractivity (Wildman–Crippen MR) is 137 cm³/mol. The molecule has 34 heavy (non-hydrogen) atoms. The zero-order valence-corrected chi connectivity index (χ0v) is 19.8. The molecule has 2 aromatic carbocycles. The summed E-state index contributed by atoms with van der Waals surface area (Å²) in [6, 6.07) is 13.7. The molecular weight excluding hydrogens is 428 g/mol. The van der Waals surface area contributed by atoms with E-state index in [0.717, 1.165) is 40.5 Å². The number of aromatic hydroxyl groups is 1. The Labute approximate surface area is 197 Å². The summed E-state index contributed by atoms with van der Waals surface area (Å²) in [5, 5.41) is 12.0. The Hall–Kier alpha value is -3.87. The number of aliphatic imine (C=N–C) groups is 1. The SMILES string of the molecule is CCCCc1ccc2[nH]cc(CCN=C(C)c3c(O)n(-c4cccc(C)c4)c(=O)[nH]c3=O)c2c1. The molecule has 0 saturated heterocycles. The number of benzene rings is 2. The first-order valence-electron chi connectivity index (χ1n) is 11.6. The standard InChI is InChI=1S/C27H30N4O3/c1-4-5-8-19-10-11-23-22(15-19)20(16-29-23)12-13-28-18(3)24-25(32)30-27(34)31(26(24)33)21-9-6-7-17(2)14-21/h6-7,9-11,14-16,29,33H,4-5,8,12-13H2,1-3H3,(H,30,32,34). The highest BCUT2D eigenvalue weighted by molar-refractivity contribution is 6.00. The Morgan fingerprint density at radius 3 is 2.71 bits per heavy atom. The van der Waals surface area contributed by atoms with Gasteiger partial charge in [-0.1, -0.05) is 31.5 Å². The van der Waals surface area contributed by atoms with E-state index in [1.54, 1.807) is 25.1 Å². The third-order valence-electron chi connectivity index (χ3n) is 6.09. The number of rotatable bonds is 8. The van der Waals surface area contributed by atoms with Crippen LogP contribution in [-0.2, 0) is 12.8 Å². The van der Waals surface area contributed by atoms with E-state index in [1.807, 2.05) is 19.2 Å². The molecule has 176 valence electrons. The molecule has 2 heterocycles. The fraction of sp³-hybridized carbons (Fsp3) is 0.296. The van der Waals surface area contributed by atoms with Crippen LogP contribution in [0.5, 0.6) is 5.88 Å². The van der Waals surface area contributed by atoms with Crippen LogP contribution in [0.25, 0.3) is 16.6 Å². The molecule has 7 heteroatoms. The second-order valence-electron chi connectivity index (χ2n) is 8.65. The number of nitrogens with one attached hydrogen (secondary N) is 2. The van der Waals surface area contributed by atoms with Crippen LogP contribution < -0.4 is 11.2 Å². The molecule has 0 atom stereocenters. The highest BCUT2D eigenvalue weighted by Crippen LogP contribution is 2.22. The molecule has 0 fully saturated rings. The van der Waals surface area contributed by atoms with Gasteiger partial charge < -0.3 is 10.1 Å². The minimum Gasteiger partial charge on any atom is -0.493 e.